The molecule has 4 rings (SSSR count). The lowest BCUT2D eigenvalue weighted by Crippen LogP contribution is -2.48. The second kappa shape index (κ2) is 10.5. The molecule has 1 aliphatic rings. The van der Waals surface area contributed by atoms with Gasteiger partial charge >= 0.3 is 0 Å². The van der Waals surface area contributed by atoms with Crippen LogP contribution in [0.15, 0.2) is 46.2 Å². The maximum atomic E-state index is 13.2. The lowest BCUT2D eigenvalue weighted by atomic mass is 10.1. The van der Waals surface area contributed by atoms with E-state index in [4.69, 9.17) is 5.11 Å². The molecule has 0 spiro atoms. The largest absolute Gasteiger partial charge is 0.394 e. The average molecular weight is 498 g/mol. The van der Waals surface area contributed by atoms with E-state index in [2.05, 4.69) is 26.9 Å². The first kappa shape index (κ1) is 25.5. The molecule has 10 nitrogen and oxygen atoms in total. The molecule has 0 fully saturated rings. The Labute approximate surface area is 205 Å². The number of β-amino-alcohol motifs (C(OH)–C–C–N with tert-alkyl or cyclic N) is 1. The number of H-pyrrole nitrogens is 1. The van der Waals surface area contributed by atoms with E-state index in [1.165, 1.54) is 17.0 Å². The molecule has 0 amide bonds. The number of aromatic amines is 1. The zero-order chi connectivity index (χ0) is 26.0. The molecule has 0 unspecified atom stereocenters. The number of hydrogen-bond acceptors (Lipinski definition) is 9. The highest BCUT2D eigenvalue weighted by Gasteiger charge is 2.31. The minimum absolute atomic E-state index is 0.0238. The Bertz CT molecular complexity index is 1410. The van der Waals surface area contributed by atoms with Crippen molar-refractivity contribution in [3.63, 3.8) is 0 Å². The minimum atomic E-state index is -1.64. The Balaban J connectivity index is 1.69. The molecule has 6 N–H and O–H groups in total. The summed E-state index contributed by atoms with van der Waals surface area (Å²) < 4.78 is 13.2. The number of nitrogens with one attached hydrogen (secondary N) is 2. The highest BCUT2D eigenvalue weighted by Crippen LogP contribution is 2.38. The van der Waals surface area contributed by atoms with Crippen molar-refractivity contribution in [3.8, 4) is 0 Å². The van der Waals surface area contributed by atoms with Crippen LogP contribution in [0.5, 0.6) is 0 Å². The van der Waals surface area contributed by atoms with Crippen molar-refractivity contribution in [2.75, 3.05) is 29.9 Å². The summed E-state index contributed by atoms with van der Waals surface area (Å²) in [5, 5.41) is 43.1. The fourth-order valence-electron chi connectivity index (χ4n) is 4.04. The lowest BCUT2D eigenvalue weighted by Gasteiger charge is -2.32. The summed E-state index contributed by atoms with van der Waals surface area (Å²) in [5.74, 6) is -0.153. The first-order valence-electron chi connectivity index (χ1n) is 11.4. The molecule has 11 heteroatoms. The number of fused-ring (bicyclic) bond motifs is 2. The Hall–Kier alpha value is -3.64. The van der Waals surface area contributed by atoms with Gasteiger partial charge in [0.05, 0.1) is 24.5 Å². The van der Waals surface area contributed by atoms with Crippen molar-refractivity contribution in [2.24, 2.45) is 4.99 Å². The number of halogens is 1. The summed E-state index contributed by atoms with van der Waals surface area (Å²) in [6.07, 6.45) is -4.03. The van der Waals surface area contributed by atoms with E-state index in [9.17, 15) is 24.5 Å². The Morgan fingerprint density at radius 3 is 2.58 bits per heavy atom. The fraction of sp³-hybridized carbons (Fsp3) is 0.320. The number of benzene rings is 2. The lowest BCUT2D eigenvalue weighted by molar-refractivity contribution is -0.0726. The molecule has 0 bridgehead atoms. The highest BCUT2D eigenvalue weighted by molar-refractivity contribution is 5.80. The van der Waals surface area contributed by atoms with Gasteiger partial charge in [0.25, 0.3) is 5.56 Å². The topological polar surface area (TPSA) is 154 Å². The fourth-order valence-corrected chi connectivity index (χ4v) is 4.04. The normalized spacial score (nSPS) is 14.9. The molecule has 2 aromatic carbocycles. The zero-order valence-electron chi connectivity index (χ0n) is 19.6. The third kappa shape index (κ3) is 5.29. The first-order chi connectivity index (χ1) is 17.2. The zero-order valence-corrected chi connectivity index (χ0v) is 19.6. The summed E-state index contributed by atoms with van der Waals surface area (Å²) >= 11 is 0. The van der Waals surface area contributed by atoms with Crippen molar-refractivity contribution >= 4 is 29.5 Å². The predicted molar refractivity (Wildman–Crippen MR) is 133 cm³/mol. The third-order valence-electron chi connectivity index (χ3n) is 6.01. The van der Waals surface area contributed by atoms with Gasteiger partial charge in [0.1, 0.15) is 29.6 Å². The van der Waals surface area contributed by atoms with Gasteiger partial charge in [-0.1, -0.05) is 18.7 Å². The summed E-state index contributed by atoms with van der Waals surface area (Å²) in [5.41, 5.74) is 3.15. The number of anilines is 3. The standard InChI is InChI=1S/C25H28FN5O5/c1-13-9-18-19(10-17(13)27-8-7-15-3-5-16(26)6-4-15)31(11-20(33)23(35)21(34)12-32)24-22(30-18)25(36)29-14(2)28-24/h3-6,9-10,20-21,23,27,32-35H,2,7-8,11-12H2,1H3,(H,29,36)/t20-,21+,23-/m0/s1. The second-order valence-electron chi connectivity index (χ2n) is 8.67. The van der Waals surface area contributed by atoms with Gasteiger partial charge in [-0.05, 0) is 48.7 Å². The van der Waals surface area contributed by atoms with Gasteiger partial charge in [-0.3, -0.25) is 4.79 Å². The van der Waals surface area contributed by atoms with Crippen molar-refractivity contribution in [1.82, 2.24) is 9.97 Å². The van der Waals surface area contributed by atoms with Crippen LogP contribution < -0.4 is 26.6 Å². The van der Waals surface area contributed by atoms with Gasteiger partial charge in [-0.15, -0.1) is 0 Å². The molecule has 0 saturated heterocycles. The molecule has 0 radical (unpaired) electrons. The number of nitrogens with zero attached hydrogens (tertiary/aromatic N) is 3. The highest BCUT2D eigenvalue weighted by atomic mass is 19.1. The molecule has 190 valence electrons. The molecule has 0 saturated carbocycles. The summed E-state index contributed by atoms with van der Waals surface area (Å²) in [6.45, 7) is 5.15. The van der Waals surface area contributed by atoms with Crippen molar-refractivity contribution in [3.05, 3.63) is 74.5 Å². The molecule has 36 heavy (non-hydrogen) atoms. The molecule has 1 aromatic heterocycles. The molecule has 1 aliphatic heterocycles. The number of aliphatic hydroxyl groups excluding tert-OH is 4. The van der Waals surface area contributed by atoms with Crippen molar-refractivity contribution in [2.45, 2.75) is 31.7 Å². The molecule has 2 heterocycles. The van der Waals surface area contributed by atoms with Crippen LogP contribution in [0.1, 0.15) is 11.1 Å². The molecule has 0 aliphatic carbocycles. The third-order valence-corrected chi connectivity index (χ3v) is 6.01. The van der Waals surface area contributed by atoms with Gasteiger partial charge in [-0.2, -0.15) is 0 Å². The quantitative estimate of drug-likeness (QED) is 0.237. The van der Waals surface area contributed by atoms with E-state index in [0.29, 0.717) is 24.3 Å². The van der Waals surface area contributed by atoms with Crippen LogP contribution in [0.3, 0.4) is 0 Å². The number of aryl methyl sites for hydroxylation is 1. The van der Waals surface area contributed by atoms with Crippen LogP contribution in [0.2, 0.25) is 0 Å². The van der Waals surface area contributed by atoms with Crippen LogP contribution in [0.4, 0.5) is 27.3 Å². The van der Waals surface area contributed by atoms with Crippen molar-refractivity contribution < 1.29 is 24.8 Å². The first-order valence-corrected chi connectivity index (χ1v) is 11.4. The summed E-state index contributed by atoms with van der Waals surface area (Å²) in [4.78, 5) is 25.4. The summed E-state index contributed by atoms with van der Waals surface area (Å²) in [6, 6.07) is 9.86. The predicted octanol–water partition coefficient (Wildman–Crippen LogP) is -0.240. The number of aliphatic hydroxyl groups is 4. The molecular formula is C25H28FN5O5. The van der Waals surface area contributed by atoms with Crippen molar-refractivity contribution in [1.29, 1.82) is 0 Å². The number of hydrogen-bond donors (Lipinski definition) is 6. The maximum absolute atomic E-state index is 13.2. The summed E-state index contributed by atoms with van der Waals surface area (Å²) in [7, 11) is 0. The monoisotopic (exact) mass is 497 g/mol. The maximum Gasteiger partial charge on any atom is 0.279 e. The van der Waals surface area contributed by atoms with Crippen LogP contribution in [0.25, 0.3) is 6.58 Å². The van der Waals surface area contributed by atoms with E-state index >= 15 is 0 Å². The van der Waals surface area contributed by atoms with E-state index < -0.39 is 30.5 Å². The van der Waals surface area contributed by atoms with E-state index in [-0.39, 0.29) is 29.0 Å². The van der Waals surface area contributed by atoms with Gasteiger partial charge < -0.3 is 35.6 Å². The molecule has 3 aromatic rings. The van der Waals surface area contributed by atoms with E-state index in [1.807, 2.05) is 6.92 Å². The SMILES string of the molecule is C=c1nc2c(c(=O)[nH]1)=Nc1cc(C)c(NCCc3ccc(F)cc3)cc1N2C[C@H](O)[C@H](O)[C@H](O)CO. The van der Waals surface area contributed by atoms with Gasteiger partial charge in [0, 0.05) is 12.2 Å². The van der Waals surface area contributed by atoms with Gasteiger partial charge in [-0.25, -0.2) is 14.4 Å². The number of rotatable bonds is 9. The molecular weight excluding hydrogens is 469 g/mol. The smallest absolute Gasteiger partial charge is 0.279 e. The van der Waals surface area contributed by atoms with Crippen LogP contribution in [-0.2, 0) is 6.42 Å². The molecule has 3 atom stereocenters. The number of aromatic nitrogens is 2. The Morgan fingerprint density at radius 2 is 1.89 bits per heavy atom. The minimum Gasteiger partial charge on any atom is -0.394 e. The van der Waals surface area contributed by atoms with E-state index in [0.717, 1.165) is 16.8 Å². The van der Waals surface area contributed by atoms with Gasteiger partial charge in [0.2, 0.25) is 0 Å². The van der Waals surface area contributed by atoms with Crippen LogP contribution >= 0.6 is 0 Å². The van der Waals surface area contributed by atoms with Crippen LogP contribution in [0, 0.1) is 12.7 Å². The van der Waals surface area contributed by atoms with Crippen LogP contribution in [-0.4, -0.2) is 68.4 Å². The average Bonchev–Trinajstić information content (AvgIpc) is 2.85. The second-order valence-corrected chi connectivity index (χ2v) is 8.67. The van der Waals surface area contributed by atoms with E-state index in [1.54, 1.807) is 24.3 Å². The Kier molecular flexibility index (Phi) is 7.45. The Morgan fingerprint density at radius 1 is 1.17 bits per heavy atom. The van der Waals surface area contributed by atoms with Gasteiger partial charge in [0.15, 0.2) is 11.2 Å².